The van der Waals surface area contributed by atoms with E-state index in [0.29, 0.717) is 17.1 Å². The number of hydrogen-bond donors (Lipinski definition) is 1. The van der Waals surface area contributed by atoms with Gasteiger partial charge in [0, 0.05) is 11.1 Å². The van der Waals surface area contributed by atoms with Gasteiger partial charge in [-0.3, -0.25) is 4.79 Å². The van der Waals surface area contributed by atoms with Gasteiger partial charge >= 0.3 is 0 Å². The Balaban J connectivity index is 1.47. The first-order valence-corrected chi connectivity index (χ1v) is 8.93. The lowest BCUT2D eigenvalue weighted by atomic mass is 9.97. The zero-order valence-corrected chi connectivity index (χ0v) is 14.9. The summed E-state index contributed by atoms with van der Waals surface area (Å²) < 4.78 is 10.6. The van der Waals surface area contributed by atoms with Crippen molar-refractivity contribution in [3.63, 3.8) is 0 Å². The molecule has 28 heavy (non-hydrogen) atoms. The van der Waals surface area contributed by atoms with Crippen molar-refractivity contribution in [3.8, 4) is 11.5 Å². The van der Waals surface area contributed by atoms with Gasteiger partial charge in [0.25, 0.3) is 5.91 Å². The van der Waals surface area contributed by atoms with E-state index in [1.807, 2.05) is 24.3 Å². The number of carbonyl (C=O) groups is 1. The second-order valence-corrected chi connectivity index (χ2v) is 6.50. The van der Waals surface area contributed by atoms with Gasteiger partial charge in [0.15, 0.2) is 11.5 Å². The Morgan fingerprint density at radius 2 is 1.54 bits per heavy atom. The zero-order chi connectivity index (χ0) is 18.9. The third-order valence-corrected chi connectivity index (χ3v) is 4.81. The molecule has 1 heterocycles. The monoisotopic (exact) mass is 368 g/mol. The molecule has 1 N–H and O–H groups in total. The Kier molecular flexibility index (Phi) is 3.91. The van der Waals surface area contributed by atoms with Crippen molar-refractivity contribution < 1.29 is 14.3 Å². The molecule has 0 saturated heterocycles. The van der Waals surface area contributed by atoms with Crippen molar-refractivity contribution in [1.82, 2.24) is 5.43 Å². The predicted octanol–water partition coefficient (Wildman–Crippen LogP) is 4.49. The molecule has 5 rings (SSSR count). The number of fused-ring (bicyclic) bond motifs is 3. The molecule has 4 aromatic rings. The predicted molar refractivity (Wildman–Crippen MR) is 109 cm³/mol. The van der Waals surface area contributed by atoms with Gasteiger partial charge in [0.2, 0.25) is 6.79 Å². The van der Waals surface area contributed by atoms with Crippen LogP contribution in [-0.2, 0) is 0 Å². The quantitative estimate of drug-likeness (QED) is 0.329. The van der Waals surface area contributed by atoms with Crippen molar-refractivity contribution in [2.75, 3.05) is 6.79 Å². The molecule has 0 bridgehead atoms. The van der Waals surface area contributed by atoms with Gasteiger partial charge in [-0.2, -0.15) is 5.10 Å². The topological polar surface area (TPSA) is 59.9 Å². The van der Waals surface area contributed by atoms with Crippen LogP contribution in [0.25, 0.3) is 21.5 Å². The molecule has 0 aliphatic carbocycles. The third kappa shape index (κ3) is 2.83. The van der Waals surface area contributed by atoms with Gasteiger partial charge in [0.1, 0.15) is 0 Å². The maximum absolute atomic E-state index is 12.4. The van der Waals surface area contributed by atoms with E-state index in [2.05, 4.69) is 40.9 Å². The minimum atomic E-state index is -0.306. The van der Waals surface area contributed by atoms with E-state index < -0.39 is 0 Å². The number of ether oxygens (including phenoxy) is 2. The highest BCUT2D eigenvalue weighted by Crippen LogP contribution is 2.32. The fourth-order valence-corrected chi connectivity index (χ4v) is 3.45. The van der Waals surface area contributed by atoms with Crippen LogP contribution in [-0.4, -0.2) is 18.9 Å². The largest absolute Gasteiger partial charge is 0.454 e. The van der Waals surface area contributed by atoms with Crippen molar-refractivity contribution in [3.05, 3.63) is 83.9 Å². The molecule has 0 fully saturated rings. The summed E-state index contributed by atoms with van der Waals surface area (Å²) in [6, 6.07) is 23.5. The van der Waals surface area contributed by atoms with E-state index in [9.17, 15) is 4.79 Å². The van der Waals surface area contributed by atoms with Crippen molar-refractivity contribution in [2.45, 2.75) is 0 Å². The first kappa shape index (κ1) is 16.3. The van der Waals surface area contributed by atoms with Crippen LogP contribution in [0.4, 0.5) is 0 Å². The first-order chi connectivity index (χ1) is 13.8. The van der Waals surface area contributed by atoms with Crippen LogP contribution in [0.3, 0.4) is 0 Å². The summed E-state index contributed by atoms with van der Waals surface area (Å²) in [5.74, 6) is 0.901. The van der Waals surface area contributed by atoms with Crippen LogP contribution in [0.2, 0.25) is 0 Å². The van der Waals surface area contributed by atoms with Gasteiger partial charge in [0.05, 0.1) is 6.21 Å². The molecular weight excluding hydrogens is 352 g/mol. The average molecular weight is 368 g/mol. The fourth-order valence-electron chi connectivity index (χ4n) is 3.45. The smallest absolute Gasteiger partial charge is 0.271 e. The molecule has 136 valence electrons. The molecule has 0 radical (unpaired) electrons. The summed E-state index contributed by atoms with van der Waals surface area (Å²) in [6.45, 7) is 0.173. The summed E-state index contributed by atoms with van der Waals surface area (Å²) in [7, 11) is 0. The normalized spacial score (nSPS) is 12.7. The van der Waals surface area contributed by atoms with E-state index >= 15 is 0 Å². The van der Waals surface area contributed by atoms with E-state index in [-0.39, 0.29) is 12.7 Å². The first-order valence-electron chi connectivity index (χ1n) is 8.93. The lowest BCUT2D eigenvalue weighted by Gasteiger charge is -2.08. The van der Waals surface area contributed by atoms with Crippen LogP contribution >= 0.6 is 0 Å². The molecule has 5 nitrogen and oxygen atoms in total. The Labute approximate surface area is 161 Å². The van der Waals surface area contributed by atoms with Crippen LogP contribution in [0.5, 0.6) is 11.5 Å². The fraction of sp³-hybridized carbons (Fsp3) is 0.0435. The molecule has 1 aliphatic rings. The summed E-state index contributed by atoms with van der Waals surface area (Å²) >= 11 is 0. The Hall–Kier alpha value is -3.86. The number of benzene rings is 4. The average Bonchev–Trinajstić information content (AvgIpc) is 3.21. The number of nitrogens with one attached hydrogen (secondary N) is 1. The van der Waals surface area contributed by atoms with Crippen LogP contribution in [0.1, 0.15) is 15.9 Å². The molecular formula is C23H16N2O3. The molecule has 4 aromatic carbocycles. The zero-order valence-electron chi connectivity index (χ0n) is 14.9. The second-order valence-electron chi connectivity index (χ2n) is 6.50. The summed E-state index contributed by atoms with van der Waals surface area (Å²) in [5, 5.41) is 8.64. The van der Waals surface area contributed by atoms with Gasteiger partial charge in [-0.25, -0.2) is 5.43 Å². The number of hydrogen-bond acceptors (Lipinski definition) is 4. The number of nitrogens with zero attached hydrogens (tertiary/aromatic N) is 1. The number of rotatable bonds is 3. The van der Waals surface area contributed by atoms with Gasteiger partial charge < -0.3 is 9.47 Å². The third-order valence-electron chi connectivity index (χ3n) is 4.81. The van der Waals surface area contributed by atoms with Crippen LogP contribution < -0.4 is 14.9 Å². The Morgan fingerprint density at radius 3 is 2.29 bits per heavy atom. The van der Waals surface area contributed by atoms with Crippen LogP contribution in [0, 0.1) is 0 Å². The maximum atomic E-state index is 12.4. The lowest BCUT2D eigenvalue weighted by Crippen LogP contribution is -2.17. The van der Waals surface area contributed by atoms with E-state index in [0.717, 1.165) is 27.1 Å². The number of amides is 1. The highest BCUT2D eigenvalue weighted by molar-refractivity contribution is 6.13. The standard InChI is InChI=1S/C23H16N2O3/c26-23(17-9-10-21-22(12-17)28-14-27-21)25-24-13-20-18-7-3-1-5-15(18)11-16-6-2-4-8-19(16)20/h1-13H,14H2,(H,25,26)/b24-13+. The molecule has 0 saturated carbocycles. The Morgan fingerprint density at radius 1 is 0.857 bits per heavy atom. The van der Waals surface area contributed by atoms with Gasteiger partial charge in [-0.05, 0) is 45.8 Å². The van der Waals surface area contributed by atoms with E-state index in [1.165, 1.54) is 0 Å². The summed E-state index contributed by atoms with van der Waals surface area (Å²) in [5.41, 5.74) is 4.04. The molecule has 0 atom stereocenters. The molecule has 5 heteroatoms. The highest BCUT2D eigenvalue weighted by Gasteiger charge is 2.16. The second kappa shape index (κ2) is 6.70. The minimum absolute atomic E-state index is 0.173. The van der Waals surface area contributed by atoms with Gasteiger partial charge in [-0.15, -0.1) is 0 Å². The lowest BCUT2D eigenvalue weighted by molar-refractivity contribution is 0.0954. The maximum Gasteiger partial charge on any atom is 0.271 e. The molecule has 0 aromatic heterocycles. The van der Waals surface area contributed by atoms with Gasteiger partial charge in [-0.1, -0.05) is 48.5 Å². The molecule has 0 unspecified atom stereocenters. The number of hydrazone groups is 1. The summed E-state index contributed by atoms with van der Waals surface area (Å²) in [6.07, 6.45) is 1.70. The molecule has 1 aliphatic heterocycles. The molecule has 0 spiro atoms. The van der Waals surface area contributed by atoms with Crippen LogP contribution in [0.15, 0.2) is 77.9 Å². The van der Waals surface area contributed by atoms with E-state index in [4.69, 9.17) is 9.47 Å². The summed E-state index contributed by atoms with van der Waals surface area (Å²) in [4.78, 5) is 12.4. The minimum Gasteiger partial charge on any atom is -0.454 e. The Bertz CT molecular complexity index is 1190. The van der Waals surface area contributed by atoms with Crippen molar-refractivity contribution >= 4 is 33.7 Å². The highest BCUT2D eigenvalue weighted by atomic mass is 16.7. The SMILES string of the molecule is O=C(N/N=C/c1c2ccccc2cc2ccccc12)c1ccc2c(c1)OCO2. The van der Waals surface area contributed by atoms with Crippen molar-refractivity contribution in [1.29, 1.82) is 0 Å². The van der Waals surface area contributed by atoms with E-state index in [1.54, 1.807) is 24.4 Å². The molecule has 1 amide bonds. The number of carbonyl (C=O) groups excluding carboxylic acids is 1. The van der Waals surface area contributed by atoms with Crippen molar-refractivity contribution in [2.24, 2.45) is 5.10 Å².